The van der Waals surface area contributed by atoms with Gasteiger partial charge in [-0.15, -0.1) is 12.4 Å². The predicted octanol–water partition coefficient (Wildman–Crippen LogP) is 3.53. The smallest absolute Gasteiger partial charge is 0.227 e. The van der Waals surface area contributed by atoms with E-state index in [0.717, 1.165) is 18.4 Å². The monoisotopic (exact) mass is 310 g/mol. The minimum Gasteiger partial charge on any atom is -0.337 e. The zero-order chi connectivity index (χ0) is 14.7. The van der Waals surface area contributed by atoms with Crippen LogP contribution in [0.25, 0.3) is 0 Å². The Hall–Kier alpha value is -1.06. The molecular weight excluding hydrogens is 284 g/mol. The first kappa shape index (κ1) is 18.0. The van der Waals surface area contributed by atoms with E-state index in [9.17, 15) is 4.79 Å². The van der Waals surface area contributed by atoms with Crippen LogP contribution in [0.3, 0.4) is 0 Å². The Bertz CT molecular complexity index is 445. The molecule has 1 fully saturated rings. The van der Waals surface area contributed by atoms with Gasteiger partial charge in [-0.25, -0.2) is 0 Å². The van der Waals surface area contributed by atoms with Gasteiger partial charge in [0.25, 0.3) is 0 Å². The second-order valence-electron chi connectivity index (χ2n) is 6.15. The van der Waals surface area contributed by atoms with Gasteiger partial charge in [0.1, 0.15) is 0 Å². The van der Waals surface area contributed by atoms with Crippen molar-refractivity contribution < 1.29 is 4.79 Å². The van der Waals surface area contributed by atoms with E-state index in [4.69, 9.17) is 5.73 Å². The molecule has 1 aliphatic carbocycles. The molecule has 2 rings (SSSR count). The molecule has 2 N–H and O–H groups in total. The van der Waals surface area contributed by atoms with Gasteiger partial charge in [-0.3, -0.25) is 4.79 Å². The Kier molecular flexibility index (Phi) is 6.69. The number of nitrogens with zero attached hydrogens (tertiary/aromatic N) is 1. The summed E-state index contributed by atoms with van der Waals surface area (Å²) in [4.78, 5) is 14.8. The maximum Gasteiger partial charge on any atom is 0.227 e. The van der Waals surface area contributed by atoms with E-state index < -0.39 is 0 Å². The Morgan fingerprint density at radius 3 is 2.19 bits per heavy atom. The molecule has 4 heteroatoms. The molecule has 1 saturated carbocycles. The molecule has 2 atom stereocenters. The van der Waals surface area contributed by atoms with Crippen LogP contribution in [0.4, 0.5) is 0 Å². The van der Waals surface area contributed by atoms with Crippen molar-refractivity contribution >= 4 is 18.3 Å². The van der Waals surface area contributed by atoms with Crippen molar-refractivity contribution in [1.29, 1.82) is 0 Å². The van der Waals surface area contributed by atoms with Gasteiger partial charge < -0.3 is 10.6 Å². The van der Waals surface area contributed by atoms with E-state index in [2.05, 4.69) is 18.7 Å². The van der Waals surface area contributed by atoms with E-state index in [1.807, 2.05) is 37.3 Å². The van der Waals surface area contributed by atoms with E-state index in [-0.39, 0.29) is 36.3 Å². The van der Waals surface area contributed by atoms with Crippen molar-refractivity contribution in [3.8, 4) is 0 Å². The highest BCUT2D eigenvalue weighted by Gasteiger charge is 2.35. The summed E-state index contributed by atoms with van der Waals surface area (Å²) < 4.78 is 0. The lowest BCUT2D eigenvalue weighted by Gasteiger charge is -2.42. The van der Waals surface area contributed by atoms with E-state index in [1.165, 1.54) is 6.42 Å². The first-order valence-corrected chi connectivity index (χ1v) is 7.65. The van der Waals surface area contributed by atoms with Gasteiger partial charge in [0.2, 0.25) is 5.91 Å². The number of benzene rings is 1. The summed E-state index contributed by atoms with van der Waals surface area (Å²) in [5.41, 5.74) is 7.32. The SMILES string of the molecule is CC(C(=O)N(C(C)C)C1CCC1)C(N)c1ccccc1.Cl. The number of carbonyl (C=O) groups excluding carboxylic acids is 1. The predicted molar refractivity (Wildman–Crippen MR) is 89.4 cm³/mol. The van der Waals surface area contributed by atoms with Gasteiger partial charge in [0, 0.05) is 18.1 Å². The highest BCUT2D eigenvalue weighted by molar-refractivity contribution is 5.85. The summed E-state index contributed by atoms with van der Waals surface area (Å²) in [6.45, 7) is 6.14. The maximum atomic E-state index is 12.8. The van der Waals surface area contributed by atoms with Gasteiger partial charge in [0.15, 0.2) is 0 Å². The number of hydrogen-bond donors (Lipinski definition) is 1. The van der Waals surface area contributed by atoms with E-state index >= 15 is 0 Å². The summed E-state index contributed by atoms with van der Waals surface area (Å²) in [7, 11) is 0. The van der Waals surface area contributed by atoms with Crippen molar-refractivity contribution in [2.24, 2.45) is 11.7 Å². The second kappa shape index (κ2) is 7.81. The number of rotatable bonds is 5. The molecule has 0 aromatic heterocycles. The zero-order valence-electron chi connectivity index (χ0n) is 13.2. The average Bonchev–Trinajstić information content (AvgIpc) is 2.40. The summed E-state index contributed by atoms with van der Waals surface area (Å²) >= 11 is 0. The van der Waals surface area contributed by atoms with Crippen LogP contribution >= 0.6 is 12.4 Å². The molecule has 0 heterocycles. The molecule has 1 aliphatic rings. The molecule has 3 nitrogen and oxygen atoms in total. The highest BCUT2D eigenvalue weighted by Crippen LogP contribution is 2.30. The van der Waals surface area contributed by atoms with E-state index in [0.29, 0.717) is 6.04 Å². The van der Waals surface area contributed by atoms with Crippen LogP contribution in [0.1, 0.15) is 51.6 Å². The highest BCUT2D eigenvalue weighted by atomic mass is 35.5. The standard InChI is InChI=1S/C17H26N2O.ClH/c1-12(2)19(15-10-7-11-15)17(20)13(3)16(18)14-8-5-4-6-9-14;/h4-6,8-9,12-13,15-16H,7,10-11,18H2,1-3H3;1H. The molecule has 1 aromatic rings. The fourth-order valence-electron chi connectivity index (χ4n) is 2.87. The number of nitrogens with two attached hydrogens (primary N) is 1. The third-order valence-corrected chi connectivity index (χ3v) is 4.39. The fourth-order valence-corrected chi connectivity index (χ4v) is 2.87. The number of amides is 1. The van der Waals surface area contributed by atoms with Crippen molar-refractivity contribution in [3.05, 3.63) is 35.9 Å². The molecule has 21 heavy (non-hydrogen) atoms. The maximum absolute atomic E-state index is 12.8. The summed E-state index contributed by atoms with van der Waals surface area (Å²) in [5, 5.41) is 0. The van der Waals surface area contributed by atoms with Crippen molar-refractivity contribution in [2.75, 3.05) is 0 Å². The van der Waals surface area contributed by atoms with Crippen molar-refractivity contribution in [3.63, 3.8) is 0 Å². The Labute approximate surface area is 134 Å². The molecule has 0 radical (unpaired) electrons. The number of carbonyl (C=O) groups is 1. The Balaban J connectivity index is 0.00000220. The van der Waals surface area contributed by atoms with Gasteiger partial charge in [0.05, 0.1) is 5.92 Å². The molecular formula is C17H27ClN2O. The zero-order valence-corrected chi connectivity index (χ0v) is 14.0. The van der Waals surface area contributed by atoms with Crippen molar-refractivity contribution in [2.45, 2.75) is 58.2 Å². The molecule has 0 spiro atoms. The van der Waals surface area contributed by atoms with Gasteiger partial charge in [-0.2, -0.15) is 0 Å². The first-order chi connectivity index (χ1) is 9.52. The minimum absolute atomic E-state index is 0. The molecule has 2 unspecified atom stereocenters. The quantitative estimate of drug-likeness (QED) is 0.904. The Morgan fingerprint density at radius 1 is 1.19 bits per heavy atom. The topological polar surface area (TPSA) is 46.3 Å². The van der Waals surface area contributed by atoms with Crippen LogP contribution < -0.4 is 5.73 Å². The van der Waals surface area contributed by atoms with Crippen LogP contribution in [-0.4, -0.2) is 22.9 Å². The van der Waals surface area contributed by atoms with Crippen LogP contribution in [0.2, 0.25) is 0 Å². The van der Waals surface area contributed by atoms with E-state index in [1.54, 1.807) is 0 Å². The minimum atomic E-state index is -0.231. The largest absolute Gasteiger partial charge is 0.337 e. The van der Waals surface area contributed by atoms with Crippen LogP contribution in [0, 0.1) is 5.92 Å². The lowest BCUT2D eigenvalue weighted by molar-refractivity contribution is -0.142. The molecule has 0 saturated heterocycles. The van der Waals surface area contributed by atoms with Gasteiger partial charge in [-0.1, -0.05) is 37.3 Å². The third-order valence-electron chi connectivity index (χ3n) is 4.39. The number of halogens is 1. The molecule has 1 amide bonds. The molecule has 0 aliphatic heterocycles. The molecule has 118 valence electrons. The Morgan fingerprint density at radius 2 is 1.76 bits per heavy atom. The van der Waals surface area contributed by atoms with Gasteiger partial charge >= 0.3 is 0 Å². The second-order valence-corrected chi connectivity index (χ2v) is 6.15. The summed E-state index contributed by atoms with van der Waals surface area (Å²) in [6, 6.07) is 10.3. The number of hydrogen-bond acceptors (Lipinski definition) is 2. The average molecular weight is 311 g/mol. The molecule has 1 aromatic carbocycles. The summed E-state index contributed by atoms with van der Waals surface area (Å²) in [6.07, 6.45) is 3.51. The normalized spacial score (nSPS) is 17.6. The first-order valence-electron chi connectivity index (χ1n) is 7.65. The lowest BCUT2D eigenvalue weighted by Crippen LogP contribution is -2.51. The summed E-state index contributed by atoms with van der Waals surface area (Å²) in [5.74, 6) is 0.0152. The van der Waals surface area contributed by atoms with Crippen LogP contribution in [0.15, 0.2) is 30.3 Å². The third kappa shape index (κ3) is 3.98. The van der Waals surface area contributed by atoms with Crippen molar-refractivity contribution in [1.82, 2.24) is 4.90 Å². The fraction of sp³-hybridized carbons (Fsp3) is 0.588. The van der Waals surface area contributed by atoms with Crippen LogP contribution in [0.5, 0.6) is 0 Å². The molecule has 0 bridgehead atoms. The lowest BCUT2D eigenvalue weighted by atomic mass is 9.87. The van der Waals surface area contributed by atoms with Crippen LogP contribution in [-0.2, 0) is 4.79 Å². The van der Waals surface area contributed by atoms with Gasteiger partial charge in [-0.05, 0) is 38.7 Å².